The lowest BCUT2D eigenvalue weighted by Crippen LogP contribution is -2.41. The molecule has 2 saturated carbocycles. The van der Waals surface area contributed by atoms with E-state index in [9.17, 15) is 0 Å². The van der Waals surface area contributed by atoms with Crippen molar-refractivity contribution in [1.82, 2.24) is 29.6 Å². The van der Waals surface area contributed by atoms with Crippen molar-refractivity contribution < 1.29 is 0 Å². The van der Waals surface area contributed by atoms with Crippen LogP contribution in [0.15, 0.2) is 29.9 Å². The number of benzene rings is 1. The van der Waals surface area contributed by atoms with Crippen LogP contribution >= 0.6 is 11.3 Å². The van der Waals surface area contributed by atoms with Gasteiger partial charge in [0.05, 0.1) is 10.2 Å². The summed E-state index contributed by atoms with van der Waals surface area (Å²) in [6.07, 6.45) is 10.9. The van der Waals surface area contributed by atoms with Crippen LogP contribution in [0.3, 0.4) is 0 Å². The zero-order valence-corrected chi connectivity index (χ0v) is 21.5. The average Bonchev–Trinajstić information content (AvgIpc) is 3.65. The van der Waals surface area contributed by atoms with E-state index >= 15 is 0 Å². The van der Waals surface area contributed by atoms with Crippen molar-refractivity contribution in [2.75, 3.05) is 24.1 Å². The highest BCUT2D eigenvalue weighted by Crippen LogP contribution is 2.46. The average molecular weight is 501 g/mol. The van der Waals surface area contributed by atoms with E-state index in [1.54, 1.807) is 22.3 Å². The summed E-state index contributed by atoms with van der Waals surface area (Å²) < 4.78 is 2.55. The van der Waals surface area contributed by atoms with Crippen molar-refractivity contribution in [1.29, 1.82) is 0 Å². The zero-order chi connectivity index (χ0) is 24.2. The highest BCUT2D eigenvalue weighted by molar-refractivity contribution is 7.17. The van der Waals surface area contributed by atoms with Gasteiger partial charge < -0.3 is 11.1 Å². The third kappa shape index (κ3) is 3.85. The summed E-state index contributed by atoms with van der Waals surface area (Å²) in [5.41, 5.74) is 12.2. The molecular weight excluding hydrogens is 468 g/mol. The molecule has 3 atom stereocenters. The third-order valence-corrected chi connectivity index (χ3v) is 9.62. The molecule has 1 aromatic carbocycles. The Balaban J connectivity index is 1.09. The number of rotatable bonds is 4. The molecule has 2 aliphatic carbocycles. The summed E-state index contributed by atoms with van der Waals surface area (Å²) in [7, 11) is 0. The van der Waals surface area contributed by atoms with E-state index in [1.165, 1.54) is 56.3 Å². The van der Waals surface area contributed by atoms with Gasteiger partial charge in [0.25, 0.3) is 0 Å². The van der Waals surface area contributed by atoms with Gasteiger partial charge in [-0.1, -0.05) is 12.5 Å². The SMILES string of the molecule is Cc1csc2c(-n3nc(Nc4ccc5c(c4)CCCN(C4CC6CCC4C6)CC5)nc3N)ncnc12. The minimum absolute atomic E-state index is 0.301. The number of nitrogen functional groups attached to an aromatic ring is 1. The number of thiophene rings is 1. The minimum atomic E-state index is 0.301. The molecule has 0 amide bonds. The Bertz CT molecular complexity index is 1420. The summed E-state index contributed by atoms with van der Waals surface area (Å²) in [5, 5.41) is 10.1. The van der Waals surface area contributed by atoms with Gasteiger partial charge in [0, 0.05) is 18.3 Å². The molecule has 2 fully saturated rings. The Morgan fingerprint density at radius 3 is 2.89 bits per heavy atom. The number of nitrogens with zero attached hydrogens (tertiary/aromatic N) is 6. The standard InChI is InChI=1S/C27H32N8S/c1-16-14-36-24-23(16)29-15-30-25(24)35-26(28)32-27(33-35)31-21-7-6-18-8-10-34(9-2-3-19(18)13-21)22-12-17-4-5-20(22)11-17/h6-7,13-15,17,20,22H,2-5,8-12H2,1H3,(H3,28,31,32,33). The van der Waals surface area contributed by atoms with Crippen molar-refractivity contribution in [3.8, 4) is 5.82 Å². The second kappa shape index (κ2) is 8.81. The normalized spacial score (nSPS) is 24.1. The Morgan fingerprint density at radius 1 is 1.08 bits per heavy atom. The van der Waals surface area contributed by atoms with Gasteiger partial charge in [0.15, 0.2) is 5.82 Å². The first-order chi connectivity index (χ1) is 17.6. The van der Waals surface area contributed by atoms with Crippen LogP contribution in [0.5, 0.6) is 0 Å². The number of hydrogen-bond acceptors (Lipinski definition) is 8. The van der Waals surface area contributed by atoms with Crippen molar-refractivity contribution in [3.63, 3.8) is 0 Å². The van der Waals surface area contributed by atoms with E-state index in [0.29, 0.717) is 17.7 Å². The molecule has 3 aliphatic rings. The zero-order valence-electron chi connectivity index (χ0n) is 20.7. The van der Waals surface area contributed by atoms with Crippen LogP contribution in [0.1, 0.15) is 48.8 Å². The topological polar surface area (TPSA) is 97.8 Å². The molecule has 9 heteroatoms. The summed E-state index contributed by atoms with van der Waals surface area (Å²) in [4.78, 5) is 16.1. The molecule has 2 bridgehead atoms. The quantitative estimate of drug-likeness (QED) is 0.412. The molecule has 7 rings (SSSR count). The first-order valence-corrected chi connectivity index (χ1v) is 14.0. The van der Waals surface area contributed by atoms with Crippen LogP contribution in [0.4, 0.5) is 17.6 Å². The van der Waals surface area contributed by atoms with Gasteiger partial charge in [-0.05, 0) is 98.0 Å². The van der Waals surface area contributed by atoms with Crippen molar-refractivity contribution in [2.45, 2.75) is 57.9 Å². The number of nitrogens with one attached hydrogen (secondary N) is 1. The maximum absolute atomic E-state index is 6.25. The fourth-order valence-electron chi connectivity index (χ4n) is 6.79. The lowest BCUT2D eigenvalue weighted by atomic mass is 9.91. The maximum atomic E-state index is 6.25. The molecule has 3 unspecified atom stereocenters. The number of aromatic nitrogens is 5. The maximum Gasteiger partial charge on any atom is 0.248 e. The molecule has 1 aliphatic heterocycles. The summed E-state index contributed by atoms with van der Waals surface area (Å²) in [5.74, 6) is 3.40. The number of hydrogen-bond donors (Lipinski definition) is 2. The van der Waals surface area contributed by atoms with Gasteiger partial charge in [-0.2, -0.15) is 9.67 Å². The molecule has 4 aromatic rings. The van der Waals surface area contributed by atoms with E-state index < -0.39 is 0 Å². The number of nitrogens with two attached hydrogens (primary N) is 1. The fourth-order valence-corrected chi connectivity index (χ4v) is 7.76. The molecule has 3 aromatic heterocycles. The van der Waals surface area contributed by atoms with Gasteiger partial charge in [0.1, 0.15) is 6.33 Å². The lowest BCUT2D eigenvalue weighted by Gasteiger charge is -2.36. The monoisotopic (exact) mass is 500 g/mol. The highest BCUT2D eigenvalue weighted by atomic mass is 32.1. The van der Waals surface area contributed by atoms with Crippen LogP contribution in [0.25, 0.3) is 16.0 Å². The Hall–Kier alpha value is -3.04. The summed E-state index contributed by atoms with van der Waals surface area (Å²) >= 11 is 1.59. The molecule has 36 heavy (non-hydrogen) atoms. The molecule has 0 radical (unpaired) electrons. The predicted octanol–water partition coefficient (Wildman–Crippen LogP) is 4.89. The van der Waals surface area contributed by atoms with Gasteiger partial charge in [-0.15, -0.1) is 16.4 Å². The lowest BCUT2D eigenvalue weighted by molar-refractivity contribution is 0.140. The first kappa shape index (κ1) is 22.2. The Labute approximate surface area is 215 Å². The largest absolute Gasteiger partial charge is 0.368 e. The highest BCUT2D eigenvalue weighted by Gasteiger charge is 2.42. The second-order valence-corrected chi connectivity index (χ2v) is 11.6. The smallest absolute Gasteiger partial charge is 0.248 e. The molecule has 0 saturated heterocycles. The Morgan fingerprint density at radius 2 is 2.03 bits per heavy atom. The molecule has 186 valence electrons. The molecule has 0 spiro atoms. The van der Waals surface area contributed by atoms with Crippen LogP contribution in [-0.2, 0) is 12.8 Å². The van der Waals surface area contributed by atoms with E-state index in [-0.39, 0.29) is 0 Å². The van der Waals surface area contributed by atoms with E-state index in [0.717, 1.165) is 52.2 Å². The van der Waals surface area contributed by atoms with Crippen LogP contribution in [0, 0.1) is 18.8 Å². The fraction of sp³-hybridized carbons (Fsp3) is 0.481. The summed E-state index contributed by atoms with van der Waals surface area (Å²) in [6.45, 7) is 4.46. The second-order valence-electron chi connectivity index (χ2n) is 10.7. The van der Waals surface area contributed by atoms with Crippen LogP contribution < -0.4 is 11.1 Å². The minimum Gasteiger partial charge on any atom is -0.368 e. The third-order valence-electron chi connectivity index (χ3n) is 8.54. The van der Waals surface area contributed by atoms with E-state index in [1.807, 2.05) is 6.92 Å². The van der Waals surface area contributed by atoms with E-state index in [2.05, 4.69) is 53.8 Å². The number of anilines is 3. The van der Waals surface area contributed by atoms with Gasteiger partial charge in [0.2, 0.25) is 11.9 Å². The predicted molar refractivity (Wildman–Crippen MR) is 144 cm³/mol. The molecular formula is C27H32N8S. The van der Waals surface area contributed by atoms with Gasteiger partial charge >= 0.3 is 0 Å². The number of aryl methyl sites for hydroxylation is 2. The molecule has 4 heterocycles. The van der Waals surface area contributed by atoms with Crippen LogP contribution in [-0.4, -0.2) is 48.8 Å². The first-order valence-electron chi connectivity index (χ1n) is 13.2. The van der Waals surface area contributed by atoms with Crippen molar-refractivity contribution in [2.24, 2.45) is 11.8 Å². The molecule has 3 N–H and O–H groups in total. The van der Waals surface area contributed by atoms with Crippen molar-refractivity contribution >= 4 is 39.1 Å². The molecule has 8 nitrogen and oxygen atoms in total. The van der Waals surface area contributed by atoms with Crippen molar-refractivity contribution in [3.05, 3.63) is 46.6 Å². The van der Waals surface area contributed by atoms with Crippen LogP contribution in [0.2, 0.25) is 0 Å². The van der Waals surface area contributed by atoms with Gasteiger partial charge in [-0.3, -0.25) is 4.90 Å². The van der Waals surface area contributed by atoms with E-state index in [4.69, 9.17) is 5.73 Å². The Kier molecular flexibility index (Phi) is 5.43. The number of fused-ring (bicyclic) bond motifs is 4. The van der Waals surface area contributed by atoms with Gasteiger partial charge in [-0.25, -0.2) is 9.97 Å². The summed E-state index contributed by atoms with van der Waals surface area (Å²) in [6, 6.07) is 7.53.